The molecule has 0 atom stereocenters. The molecule has 0 aliphatic heterocycles. The lowest BCUT2D eigenvalue weighted by atomic mass is 10.2. The fraction of sp³-hybridized carbons (Fsp3) is 0.350. The first-order valence-corrected chi connectivity index (χ1v) is 8.78. The summed E-state index contributed by atoms with van der Waals surface area (Å²) in [7, 11) is 0. The van der Waals surface area contributed by atoms with E-state index in [4.69, 9.17) is 16.3 Å². The topological polar surface area (TPSA) is 38.3 Å². The van der Waals surface area contributed by atoms with Crippen molar-refractivity contribution in [2.45, 2.75) is 39.5 Å². The molecule has 0 aliphatic carbocycles. The zero-order chi connectivity index (χ0) is 17.4. The van der Waals surface area contributed by atoms with Gasteiger partial charge in [0.15, 0.2) is 0 Å². The number of nitrogens with one attached hydrogen (secondary N) is 1. The minimum absolute atomic E-state index is 0.163. The summed E-state index contributed by atoms with van der Waals surface area (Å²) in [6, 6.07) is 12.7. The standard InChI is InChI=1S/C20H24ClNO2/c1-3-4-5-6-13-24-18-11-8-16(9-12-18)20(23)22-17-10-7-15(2)19(21)14-17/h7-12,14H,3-6,13H2,1-2H3,(H,22,23). The first kappa shape index (κ1) is 18.3. The van der Waals surface area contributed by atoms with E-state index >= 15 is 0 Å². The van der Waals surface area contributed by atoms with Gasteiger partial charge in [-0.1, -0.05) is 43.9 Å². The Morgan fingerprint density at radius 2 is 1.83 bits per heavy atom. The van der Waals surface area contributed by atoms with Crippen molar-refractivity contribution < 1.29 is 9.53 Å². The zero-order valence-electron chi connectivity index (χ0n) is 14.3. The number of unbranched alkanes of at least 4 members (excludes halogenated alkanes) is 3. The predicted molar refractivity (Wildman–Crippen MR) is 100 cm³/mol. The molecular weight excluding hydrogens is 322 g/mol. The smallest absolute Gasteiger partial charge is 0.255 e. The average molecular weight is 346 g/mol. The molecule has 0 aromatic heterocycles. The number of rotatable bonds is 8. The molecule has 2 rings (SSSR count). The van der Waals surface area contributed by atoms with Crippen molar-refractivity contribution in [2.75, 3.05) is 11.9 Å². The monoisotopic (exact) mass is 345 g/mol. The molecule has 4 heteroatoms. The number of aryl methyl sites for hydroxylation is 1. The number of benzene rings is 2. The number of amides is 1. The van der Waals surface area contributed by atoms with Crippen LogP contribution in [-0.2, 0) is 0 Å². The first-order valence-electron chi connectivity index (χ1n) is 8.40. The highest BCUT2D eigenvalue weighted by Gasteiger charge is 2.07. The Bertz CT molecular complexity index is 668. The van der Waals surface area contributed by atoms with Gasteiger partial charge in [-0.05, 0) is 55.3 Å². The van der Waals surface area contributed by atoms with Crippen LogP contribution in [0.4, 0.5) is 5.69 Å². The van der Waals surface area contributed by atoms with Crippen molar-refractivity contribution >= 4 is 23.2 Å². The fourth-order valence-electron chi connectivity index (χ4n) is 2.30. The second kappa shape index (κ2) is 9.33. The van der Waals surface area contributed by atoms with Gasteiger partial charge >= 0.3 is 0 Å². The molecule has 0 saturated carbocycles. The van der Waals surface area contributed by atoms with Crippen LogP contribution in [0.5, 0.6) is 5.75 Å². The van der Waals surface area contributed by atoms with E-state index in [-0.39, 0.29) is 5.91 Å². The maximum Gasteiger partial charge on any atom is 0.255 e. The van der Waals surface area contributed by atoms with Gasteiger partial charge in [0.05, 0.1) is 6.61 Å². The van der Waals surface area contributed by atoms with Crippen molar-refractivity contribution in [1.82, 2.24) is 0 Å². The largest absolute Gasteiger partial charge is 0.494 e. The molecule has 1 N–H and O–H groups in total. The van der Waals surface area contributed by atoms with Crippen LogP contribution < -0.4 is 10.1 Å². The highest BCUT2D eigenvalue weighted by molar-refractivity contribution is 6.31. The van der Waals surface area contributed by atoms with Gasteiger partial charge in [0.2, 0.25) is 0 Å². The summed E-state index contributed by atoms with van der Waals surface area (Å²) in [5.41, 5.74) is 2.26. The van der Waals surface area contributed by atoms with Gasteiger partial charge < -0.3 is 10.1 Å². The van der Waals surface area contributed by atoms with Crippen LogP contribution in [0.1, 0.15) is 48.5 Å². The Kier molecular flexibility index (Phi) is 7.13. The molecule has 128 valence electrons. The Balaban J connectivity index is 1.87. The minimum Gasteiger partial charge on any atom is -0.494 e. The molecule has 0 saturated heterocycles. The average Bonchev–Trinajstić information content (AvgIpc) is 2.58. The van der Waals surface area contributed by atoms with Crippen molar-refractivity contribution in [3.8, 4) is 5.75 Å². The van der Waals surface area contributed by atoms with Crippen LogP contribution in [0, 0.1) is 6.92 Å². The normalized spacial score (nSPS) is 10.5. The van der Waals surface area contributed by atoms with Gasteiger partial charge in [-0.15, -0.1) is 0 Å². The lowest BCUT2D eigenvalue weighted by Crippen LogP contribution is -2.11. The van der Waals surface area contributed by atoms with E-state index in [0.717, 1.165) is 17.7 Å². The molecule has 2 aromatic rings. The molecule has 0 aliphatic rings. The lowest BCUT2D eigenvalue weighted by molar-refractivity contribution is 0.102. The minimum atomic E-state index is -0.163. The van der Waals surface area contributed by atoms with Crippen molar-refractivity contribution in [3.63, 3.8) is 0 Å². The Morgan fingerprint density at radius 1 is 1.08 bits per heavy atom. The Morgan fingerprint density at radius 3 is 2.50 bits per heavy atom. The van der Waals surface area contributed by atoms with Gasteiger partial charge in [-0.2, -0.15) is 0 Å². The Labute approximate surface area is 149 Å². The van der Waals surface area contributed by atoms with E-state index in [0.29, 0.717) is 22.9 Å². The van der Waals surface area contributed by atoms with Gasteiger partial charge in [-0.3, -0.25) is 4.79 Å². The maximum absolute atomic E-state index is 12.3. The first-order chi connectivity index (χ1) is 11.6. The number of carbonyl (C=O) groups excluding carboxylic acids is 1. The second-order valence-corrected chi connectivity index (χ2v) is 6.26. The van der Waals surface area contributed by atoms with E-state index in [1.165, 1.54) is 19.3 Å². The van der Waals surface area contributed by atoms with Crippen molar-refractivity contribution in [2.24, 2.45) is 0 Å². The predicted octanol–water partition coefficient (Wildman–Crippen LogP) is 5.86. The van der Waals surface area contributed by atoms with Crippen LogP contribution in [0.15, 0.2) is 42.5 Å². The van der Waals surface area contributed by atoms with Crippen LogP contribution in [-0.4, -0.2) is 12.5 Å². The molecule has 0 unspecified atom stereocenters. The highest BCUT2D eigenvalue weighted by atomic mass is 35.5. The van der Waals surface area contributed by atoms with Gasteiger partial charge in [0.1, 0.15) is 5.75 Å². The van der Waals surface area contributed by atoms with Crippen LogP contribution in [0.25, 0.3) is 0 Å². The van der Waals surface area contributed by atoms with Crippen molar-refractivity contribution in [1.29, 1.82) is 0 Å². The van der Waals surface area contributed by atoms with E-state index in [1.807, 2.05) is 31.2 Å². The summed E-state index contributed by atoms with van der Waals surface area (Å²) in [5.74, 6) is 0.630. The number of halogens is 1. The lowest BCUT2D eigenvalue weighted by Gasteiger charge is -2.09. The summed E-state index contributed by atoms with van der Waals surface area (Å²) in [6.45, 7) is 4.83. The molecule has 24 heavy (non-hydrogen) atoms. The zero-order valence-corrected chi connectivity index (χ0v) is 15.0. The molecule has 0 spiro atoms. The van der Waals surface area contributed by atoms with Crippen LogP contribution >= 0.6 is 11.6 Å². The second-order valence-electron chi connectivity index (χ2n) is 5.85. The Hall–Kier alpha value is -2.00. The summed E-state index contributed by atoms with van der Waals surface area (Å²) in [6.07, 6.45) is 4.71. The molecule has 0 fully saturated rings. The van der Waals surface area contributed by atoms with Crippen molar-refractivity contribution in [3.05, 3.63) is 58.6 Å². The SMILES string of the molecule is CCCCCCOc1ccc(C(=O)Nc2ccc(C)c(Cl)c2)cc1. The molecular formula is C20H24ClNO2. The number of carbonyl (C=O) groups is 1. The van der Waals surface area contributed by atoms with Gasteiger partial charge in [0.25, 0.3) is 5.91 Å². The van der Waals surface area contributed by atoms with Gasteiger partial charge in [0, 0.05) is 16.3 Å². The molecule has 0 bridgehead atoms. The van der Waals surface area contributed by atoms with Gasteiger partial charge in [-0.25, -0.2) is 0 Å². The highest BCUT2D eigenvalue weighted by Crippen LogP contribution is 2.21. The maximum atomic E-state index is 12.3. The number of hydrogen-bond acceptors (Lipinski definition) is 2. The molecule has 3 nitrogen and oxygen atoms in total. The van der Waals surface area contributed by atoms with E-state index in [9.17, 15) is 4.79 Å². The molecule has 0 heterocycles. The van der Waals surface area contributed by atoms with E-state index in [1.54, 1.807) is 18.2 Å². The quantitative estimate of drug-likeness (QED) is 0.608. The third-order valence-corrected chi connectivity index (χ3v) is 4.22. The number of ether oxygens (including phenoxy) is 1. The van der Waals surface area contributed by atoms with Crippen LogP contribution in [0.2, 0.25) is 5.02 Å². The summed E-state index contributed by atoms with van der Waals surface area (Å²) < 4.78 is 5.69. The molecule has 2 aromatic carbocycles. The third kappa shape index (κ3) is 5.57. The molecule has 0 radical (unpaired) electrons. The van der Waals surface area contributed by atoms with E-state index in [2.05, 4.69) is 12.2 Å². The summed E-state index contributed by atoms with van der Waals surface area (Å²) in [5, 5.41) is 3.49. The molecule has 1 amide bonds. The summed E-state index contributed by atoms with van der Waals surface area (Å²) >= 11 is 6.08. The van der Waals surface area contributed by atoms with E-state index < -0.39 is 0 Å². The van der Waals surface area contributed by atoms with Crippen LogP contribution in [0.3, 0.4) is 0 Å². The third-order valence-electron chi connectivity index (χ3n) is 3.81. The fourth-order valence-corrected chi connectivity index (χ4v) is 2.48. The number of anilines is 1. The summed E-state index contributed by atoms with van der Waals surface area (Å²) in [4.78, 5) is 12.3. The number of hydrogen-bond donors (Lipinski definition) is 1.